The third kappa shape index (κ3) is 6.98. The number of nitrogens with one attached hydrogen (secondary N) is 2. The summed E-state index contributed by atoms with van der Waals surface area (Å²) < 4.78 is 86.2. The highest BCUT2D eigenvalue weighted by Crippen LogP contribution is 2.41. The maximum atomic E-state index is 15.9. The number of rotatable bonds is 9. The minimum atomic E-state index is -1.00. The van der Waals surface area contributed by atoms with Crippen LogP contribution in [0, 0.1) is 29.1 Å². The third-order valence-electron chi connectivity index (χ3n) is 10.8. The number of hydrogen-bond acceptors (Lipinski definition) is 8. The largest absolute Gasteiger partial charge is 0.453 e. The van der Waals surface area contributed by atoms with Gasteiger partial charge in [0.05, 0.1) is 36.3 Å². The van der Waals surface area contributed by atoms with Crippen LogP contribution in [0.4, 0.5) is 43.8 Å². The minimum absolute atomic E-state index is 0.147. The fourth-order valence-electron chi connectivity index (χ4n) is 8.04. The second-order valence-electron chi connectivity index (χ2n) is 13.9. The molecule has 0 radical (unpaired) electrons. The number of methoxy groups -OCH3 is 2. The molecular formula is C38H42F5N7O4. The normalized spacial score (nSPS) is 20.1. The molecule has 0 bridgehead atoms. The van der Waals surface area contributed by atoms with Crippen molar-refractivity contribution in [3.05, 3.63) is 82.9 Å². The van der Waals surface area contributed by atoms with Crippen molar-refractivity contribution in [3.63, 3.8) is 0 Å². The van der Waals surface area contributed by atoms with E-state index in [4.69, 9.17) is 14.5 Å². The summed E-state index contributed by atoms with van der Waals surface area (Å²) in [6, 6.07) is 7.14. The molecule has 3 aromatic carbocycles. The number of piperazine rings is 1. The molecule has 3 fully saturated rings. The van der Waals surface area contributed by atoms with Crippen molar-refractivity contribution in [2.75, 3.05) is 68.2 Å². The fourth-order valence-corrected chi connectivity index (χ4v) is 8.04. The Bertz CT molecular complexity index is 2000. The number of likely N-dealkylation sites (tertiary alicyclic amines) is 1. The maximum Gasteiger partial charge on any atom is 0.407 e. The van der Waals surface area contributed by atoms with Crippen molar-refractivity contribution in [2.45, 2.75) is 56.8 Å². The zero-order chi connectivity index (χ0) is 38.3. The SMILES string of the molecule is COC(=O)N[C@H](C(=O)N1CCC[C@H]1c1nc2cc([C@@H]3CCCN3c3cc(F)c(N4CCN(c5c(F)cccc5F)CC4)c(F)c3)c(F)cc2[nH]1)[C@@H](C)OC. The number of carbonyl (C=O) groups excluding carboxylic acids is 2. The molecular weight excluding hydrogens is 713 g/mol. The highest BCUT2D eigenvalue weighted by Gasteiger charge is 2.39. The number of imidazole rings is 1. The number of carbonyl (C=O) groups is 2. The molecule has 0 spiro atoms. The Morgan fingerprint density at radius 2 is 1.43 bits per heavy atom. The second kappa shape index (κ2) is 15.3. The van der Waals surface area contributed by atoms with Crippen molar-refractivity contribution >= 4 is 40.1 Å². The van der Waals surface area contributed by atoms with Gasteiger partial charge in [0.15, 0.2) is 11.6 Å². The number of ether oxygens (including phenoxy) is 2. The average molecular weight is 756 g/mol. The first-order valence-corrected chi connectivity index (χ1v) is 18.1. The standard InChI is InChI=1S/C38H42F5N7O4/c1-21(53-2)33(46-38(52)54-3)37(51)50-12-6-10-32(50)36-44-29-19-23(26(41)20-30(29)45-36)31-9-5-11-49(31)22-17-27(42)35(28(43)18-22)48-15-13-47(14-16-48)34-24(39)7-4-8-25(34)40/h4,7-8,17-21,31-33H,5-6,9-16H2,1-3H3,(H,44,45)(H,46,52)/t21-,31+,32+,33+/m1/s1. The molecule has 3 saturated heterocycles. The molecule has 2 amide bonds. The van der Waals surface area contributed by atoms with E-state index in [9.17, 15) is 18.4 Å². The molecule has 2 N–H and O–H groups in total. The predicted molar refractivity (Wildman–Crippen MR) is 192 cm³/mol. The molecule has 3 aliphatic heterocycles. The summed E-state index contributed by atoms with van der Waals surface area (Å²) >= 11 is 0. The van der Waals surface area contributed by atoms with Crippen LogP contribution in [-0.4, -0.2) is 92.5 Å². The van der Waals surface area contributed by atoms with Crippen molar-refractivity contribution < 1.29 is 41.0 Å². The average Bonchev–Trinajstić information content (AvgIpc) is 3.93. The van der Waals surface area contributed by atoms with Gasteiger partial charge in [-0.15, -0.1) is 0 Å². The van der Waals surface area contributed by atoms with Gasteiger partial charge < -0.3 is 39.4 Å². The van der Waals surface area contributed by atoms with Crippen molar-refractivity contribution in [1.29, 1.82) is 0 Å². The number of anilines is 3. The number of aromatic nitrogens is 2. The molecule has 0 aliphatic carbocycles. The summed E-state index contributed by atoms with van der Waals surface area (Å²) in [5.74, 6) is -3.36. The fraction of sp³-hybridized carbons (Fsp3) is 0.447. The van der Waals surface area contributed by atoms with Crippen LogP contribution < -0.4 is 20.0 Å². The van der Waals surface area contributed by atoms with Crippen LogP contribution in [0.2, 0.25) is 0 Å². The van der Waals surface area contributed by atoms with Crippen LogP contribution in [0.1, 0.15) is 56.1 Å². The highest BCUT2D eigenvalue weighted by molar-refractivity contribution is 5.87. The first-order chi connectivity index (χ1) is 26.0. The lowest BCUT2D eigenvalue weighted by Crippen LogP contribution is -2.54. The predicted octanol–water partition coefficient (Wildman–Crippen LogP) is 6.35. The van der Waals surface area contributed by atoms with Crippen LogP contribution in [0.15, 0.2) is 42.5 Å². The van der Waals surface area contributed by atoms with Crippen molar-refractivity contribution in [2.24, 2.45) is 0 Å². The Morgan fingerprint density at radius 1 is 0.815 bits per heavy atom. The van der Waals surface area contributed by atoms with Gasteiger partial charge in [-0.2, -0.15) is 0 Å². The number of nitrogens with zero attached hydrogens (tertiary/aromatic N) is 5. The number of aromatic amines is 1. The molecule has 4 aromatic rings. The molecule has 3 aliphatic rings. The van der Waals surface area contributed by atoms with Gasteiger partial charge in [-0.05, 0) is 69.0 Å². The van der Waals surface area contributed by atoms with E-state index in [1.54, 1.807) is 22.8 Å². The van der Waals surface area contributed by atoms with E-state index in [0.29, 0.717) is 61.2 Å². The van der Waals surface area contributed by atoms with Gasteiger partial charge in [0, 0.05) is 57.6 Å². The van der Waals surface area contributed by atoms with Crippen LogP contribution in [-0.2, 0) is 14.3 Å². The van der Waals surface area contributed by atoms with E-state index in [2.05, 4.69) is 10.3 Å². The van der Waals surface area contributed by atoms with E-state index in [1.165, 1.54) is 60.4 Å². The number of alkyl carbamates (subject to hydrolysis) is 1. The van der Waals surface area contributed by atoms with Gasteiger partial charge in [0.25, 0.3) is 0 Å². The number of fused-ring (bicyclic) bond motifs is 1. The molecule has 0 saturated carbocycles. The molecule has 0 unspecified atom stereocenters. The zero-order valence-corrected chi connectivity index (χ0v) is 30.2. The minimum Gasteiger partial charge on any atom is -0.453 e. The van der Waals surface area contributed by atoms with E-state index in [1.807, 2.05) is 0 Å². The van der Waals surface area contributed by atoms with Crippen LogP contribution in [0.25, 0.3) is 11.0 Å². The van der Waals surface area contributed by atoms with Gasteiger partial charge >= 0.3 is 6.09 Å². The summed E-state index contributed by atoms with van der Waals surface area (Å²) in [7, 11) is 2.65. The lowest BCUT2D eigenvalue weighted by atomic mass is 10.0. The van der Waals surface area contributed by atoms with Crippen LogP contribution in [0.3, 0.4) is 0 Å². The van der Waals surface area contributed by atoms with Gasteiger partial charge in [0.1, 0.15) is 40.7 Å². The smallest absolute Gasteiger partial charge is 0.407 e. The van der Waals surface area contributed by atoms with Crippen LogP contribution in [0.5, 0.6) is 0 Å². The Balaban J connectivity index is 1.10. The highest BCUT2D eigenvalue weighted by atomic mass is 19.1. The molecule has 11 nitrogen and oxygen atoms in total. The lowest BCUT2D eigenvalue weighted by molar-refractivity contribution is -0.137. The molecule has 288 valence electrons. The Hall–Kier alpha value is -5.12. The summed E-state index contributed by atoms with van der Waals surface area (Å²) in [4.78, 5) is 40.1. The number of hydrogen-bond donors (Lipinski definition) is 2. The molecule has 16 heteroatoms. The molecule has 1 aromatic heterocycles. The number of benzene rings is 3. The molecule has 54 heavy (non-hydrogen) atoms. The Morgan fingerprint density at radius 3 is 2.06 bits per heavy atom. The molecule has 4 atom stereocenters. The Labute approximate surface area is 309 Å². The third-order valence-corrected chi connectivity index (χ3v) is 10.8. The maximum absolute atomic E-state index is 15.9. The van der Waals surface area contributed by atoms with E-state index < -0.39 is 59.4 Å². The quantitative estimate of drug-likeness (QED) is 0.191. The van der Waals surface area contributed by atoms with E-state index in [-0.39, 0.29) is 49.1 Å². The van der Waals surface area contributed by atoms with Crippen LogP contribution >= 0.6 is 0 Å². The van der Waals surface area contributed by atoms with Gasteiger partial charge in [-0.1, -0.05) is 6.07 Å². The molecule has 4 heterocycles. The van der Waals surface area contributed by atoms with Gasteiger partial charge in [-0.3, -0.25) is 4.79 Å². The summed E-state index contributed by atoms with van der Waals surface area (Å²) in [6.45, 7) is 3.15. The first-order valence-electron chi connectivity index (χ1n) is 18.1. The van der Waals surface area contributed by atoms with Gasteiger partial charge in [0.2, 0.25) is 5.91 Å². The van der Waals surface area contributed by atoms with Crippen molar-refractivity contribution in [3.8, 4) is 0 Å². The topological polar surface area (TPSA) is 106 Å². The summed E-state index contributed by atoms with van der Waals surface area (Å²) in [6.07, 6.45) is 1.07. The monoisotopic (exact) mass is 755 g/mol. The van der Waals surface area contributed by atoms with E-state index in [0.717, 1.165) is 0 Å². The number of para-hydroxylation sites is 1. The first kappa shape index (κ1) is 37.2. The number of H-pyrrole nitrogens is 1. The molecule has 7 rings (SSSR count). The Kier molecular flexibility index (Phi) is 10.6. The second-order valence-corrected chi connectivity index (χ2v) is 13.9. The van der Waals surface area contributed by atoms with Gasteiger partial charge in [-0.25, -0.2) is 31.7 Å². The lowest BCUT2D eigenvalue weighted by Gasteiger charge is -2.38. The summed E-state index contributed by atoms with van der Waals surface area (Å²) in [5.41, 5.74) is 1.13. The van der Waals surface area contributed by atoms with E-state index >= 15 is 13.2 Å². The summed E-state index contributed by atoms with van der Waals surface area (Å²) in [5, 5.41) is 2.56. The zero-order valence-electron chi connectivity index (χ0n) is 30.2. The number of halogens is 5. The number of amides is 2. The van der Waals surface area contributed by atoms with Crippen molar-refractivity contribution in [1.82, 2.24) is 20.2 Å².